The molecule has 0 bridgehead atoms. The maximum Gasteiger partial charge on any atom is 0.0847 e. The molecule has 16 heavy (non-hydrogen) atoms. The van der Waals surface area contributed by atoms with E-state index in [0.29, 0.717) is 0 Å². The van der Waals surface area contributed by atoms with Gasteiger partial charge >= 0.3 is 0 Å². The van der Waals surface area contributed by atoms with Crippen molar-refractivity contribution in [3.63, 3.8) is 0 Å². The quantitative estimate of drug-likeness (QED) is 0.682. The zero-order chi connectivity index (χ0) is 11.0. The summed E-state index contributed by atoms with van der Waals surface area (Å²) in [5, 5.41) is 5.49. The first-order valence-electron chi connectivity index (χ1n) is 4.88. The maximum absolute atomic E-state index is 4.36. The van der Waals surface area contributed by atoms with E-state index in [4.69, 9.17) is 0 Å². The average Bonchev–Trinajstić information content (AvgIpc) is 2.72. The van der Waals surface area contributed by atoms with Crippen LogP contribution in [0.4, 0.5) is 0 Å². The van der Waals surface area contributed by atoms with Crippen LogP contribution >= 0.6 is 15.9 Å². The van der Waals surface area contributed by atoms with E-state index in [1.807, 2.05) is 41.2 Å². The molecule has 0 fully saturated rings. The van der Waals surface area contributed by atoms with E-state index in [-0.39, 0.29) is 0 Å². The number of benzene rings is 1. The fourth-order valence-electron chi connectivity index (χ4n) is 1.69. The molecule has 0 atom stereocenters. The summed E-state index contributed by atoms with van der Waals surface area (Å²) in [6.45, 7) is 0. The molecule has 1 aromatic carbocycles. The molecule has 3 aromatic rings. The molecule has 0 saturated heterocycles. The molecule has 0 aliphatic heterocycles. The fourth-order valence-corrected chi connectivity index (χ4v) is 2.05. The van der Waals surface area contributed by atoms with E-state index >= 15 is 0 Å². The van der Waals surface area contributed by atoms with Gasteiger partial charge in [0.1, 0.15) is 0 Å². The number of hydrogen-bond donors (Lipinski definition) is 0. The molecule has 0 unspecified atom stereocenters. The van der Waals surface area contributed by atoms with Crippen molar-refractivity contribution in [2.45, 2.75) is 0 Å². The first kappa shape index (κ1) is 9.54. The number of aromatic nitrogens is 3. The number of pyridine rings is 1. The van der Waals surface area contributed by atoms with Crippen LogP contribution in [0, 0.1) is 0 Å². The summed E-state index contributed by atoms with van der Waals surface area (Å²) in [6, 6.07) is 10.1. The van der Waals surface area contributed by atoms with Gasteiger partial charge in [-0.1, -0.05) is 18.2 Å². The summed E-state index contributed by atoms with van der Waals surface area (Å²) in [7, 11) is 0. The van der Waals surface area contributed by atoms with Gasteiger partial charge < -0.3 is 0 Å². The summed E-state index contributed by atoms with van der Waals surface area (Å²) in [5.41, 5.74) is 2.04. The van der Waals surface area contributed by atoms with Crippen LogP contribution in [-0.4, -0.2) is 14.8 Å². The second-order valence-electron chi connectivity index (χ2n) is 3.48. The smallest absolute Gasteiger partial charge is 0.0847 e. The minimum Gasteiger partial charge on any atom is -0.261 e. The number of fused-ring (bicyclic) bond motifs is 1. The molecule has 78 valence electrons. The Hall–Kier alpha value is -1.68. The second kappa shape index (κ2) is 3.72. The van der Waals surface area contributed by atoms with E-state index in [1.54, 1.807) is 12.4 Å². The summed E-state index contributed by atoms with van der Waals surface area (Å²) in [5.74, 6) is 0. The molecular formula is C12H8BrN3. The molecule has 0 aliphatic carbocycles. The van der Waals surface area contributed by atoms with Gasteiger partial charge in [0.05, 0.1) is 23.6 Å². The van der Waals surface area contributed by atoms with E-state index in [9.17, 15) is 0 Å². The van der Waals surface area contributed by atoms with Crippen LogP contribution in [0.5, 0.6) is 0 Å². The summed E-state index contributed by atoms with van der Waals surface area (Å²) in [6.07, 6.45) is 5.41. The van der Waals surface area contributed by atoms with Gasteiger partial charge in [-0.15, -0.1) is 0 Å². The van der Waals surface area contributed by atoms with Crippen molar-refractivity contribution in [2.24, 2.45) is 0 Å². The number of rotatable bonds is 1. The standard InChI is InChI=1S/C12H8BrN3/c13-10-5-11(8-14-7-10)16-12-4-2-1-3-9(12)6-15-16/h1-8H. The number of para-hydroxylation sites is 1. The third kappa shape index (κ3) is 1.51. The average molecular weight is 274 g/mol. The minimum atomic E-state index is 0.949. The summed E-state index contributed by atoms with van der Waals surface area (Å²) in [4.78, 5) is 4.14. The van der Waals surface area contributed by atoms with Crippen LogP contribution in [0.25, 0.3) is 16.6 Å². The Morgan fingerprint density at radius 1 is 1.06 bits per heavy atom. The SMILES string of the molecule is Brc1cncc(-n2ncc3ccccc32)c1. The Kier molecular flexibility index (Phi) is 2.22. The number of hydrogen-bond acceptors (Lipinski definition) is 2. The molecule has 0 aliphatic rings. The monoisotopic (exact) mass is 273 g/mol. The second-order valence-corrected chi connectivity index (χ2v) is 4.39. The maximum atomic E-state index is 4.36. The third-order valence-electron chi connectivity index (χ3n) is 2.41. The van der Waals surface area contributed by atoms with Gasteiger partial charge in [0, 0.05) is 16.1 Å². The van der Waals surface area contributed by atoms with Crippen molar-refractivity contribution < 1.29 is 0 Å². The number of halogens is 1. The van der Waals surface area contributed by atoms with Gasteiger partial charge in [0.15, 0.2) is 0 Å². The molecule has 3 rings (SSSR count). The predicted molar refractivity (Wildman–Crippen MR) is 66.6 cm³/mol. The molecule has 3 nitrogen and oxygen atoms in total. The Balaban J connectivity index is 2.26. The topological polar surface area (TPSA) is 30.7 Å². The van der Waals surface area contributed by atoms with Gasteiger partial charge in [0.25, 0.3) is 0 Å². The molecule has 0 saturated carbocycles. The lowest BCUT2D eigenvalue weighted by Crippen LogP contribution is -1.96. The lowest BCUT2D eigenvalue weighted by Gasteiger charge is -2.02. The Labute approximate surface area is 101 Å². The molecule has 0 spiro atoms. The van der Waals surface area contributed by atoms with Crippen molar-refractivity contribution in [1.82, 2.24) is 14.8 Å². The number of nitrogens with zero attached hydrogens (tertiary/aromatic N) is 3. The highest BCUT2D eigenvalue weighted by molar-refractivity contribution is 9.10. The molecule has 2 heterocycles. The van der Waals surface area contributed by atoms with Crippen molar-refractivity contribution in [3.05, 3.63) is 53.4 Å². The highest BCUT2D eigenvalue weighted by Gasteiger charge is 2.04. The van der Waals surface area contributed by atoms with E-state index in [0.717, 1.165) is 21.1 Å². The predicted octanol–water partition coefficient (Wildman–Crippen LogP) is 3.18. The third-order valence-corrected chi connectivity index (χ3v) is 2.85. The van der Waals surface area contributed by atoms with Crippen molar-refractivity contribution >= 4 is 26.8 Å². The van der Waals surface area contributed by atoms with Crippen LogP contribution in [0.2, 0.25) is 0 Å². The molecule has 4 heteroatoms. The van der Waals surface area contributed by atoms with Crippen molar-refractivity contribution in [1.29, 1.82) is 0 Å². The largest absolute Gasteiger partial charge is 0.261 e. The van der Waals surface area contributed by atoms with Gasteiger partial charge in [-0.3, -0.25) is 4.98 Å². The van der Waals surface area contributed by atoms with Gasteiger partial charge in [-0.2, -0.15) is 5.10 Å². The lowest BCUT2D eigenvalue weighted by molar-refractivity contribution is 0.902. The first-order chi connectivity index (χ1) is 7.84. The molecule has 0 amide bonds. The van der Waals surface area contributed by atoms with E-state index < -0.39 is 0 Å². The van der Waals surface area contributed by atoms with Crippen LogP contribution in [0.3, 0.4) is 0 Å². The Morgan fingerprint density at radius 3 is 2.81 bits per heavy atom. The lowest BCUT2D eigenvalue weighted by atomic mass is 10.2. The van der Waals surface area contributed by atoms with Crippen LogP contribution in [-0.2, 0) is 0 Å². The van der Waals surface area contributed by atoms with Crippen molar-refractivity contribution in [2.75, 3.05) is 0 Å². The van der Waals surface area contributed by atoms with Crippen LogP contribution in [0.1, 0.15) is 0 Å². The molecule has 0 N–H and O–H groups in total. The zero-order valence-electron chi connectivity index (χ0n) is 8.34. The van der Waals surface area contributed by atoms with Gasteiger partial charge in [0.2, 0.25) is 0 Å². The van der Waals surface area contributed by atoms with Gasteiger partial charge in [-0.05, 0) is 28.1 Å². The van der Waals surface area contributed by atoms with Crippen molar-refractivity contribution in [3.8, 4) is 5.69 Å². The molecule has 0 radical (unpaired) electrons. The summed E-state index contributed by atoms with van der Waals surface area (Å²) < 4.78 is 2.83. The Bertz CT molecular complexity index is 645. The Morgan fingerprint density at radius 2 is 1.94 bits per heavy atom. The normalized spacial score (nSPS) is 10.8. The highest BCUT2D eigenvalue weighted by Crippen LogP contribution is 2.19. The first-order valence-corrected chi connectivity index (χ1v) is 5.67. The minimum absolute atomic E-state index is 0.949. The van der Waals surface area contributed by atoms with Crippen LogP contribution < -0.4 is 0 Å². The summed E-state index contributed by atoms with van der Waals surface area (Å²) >= 11 is 3.41. The fraction of sp³-hybridized carbons (Fsp3) is 0. The van der Waals surface area contributed by atoms with Crippen LogP contribution in [0.15, 0.2) is 53.4 Å². The zero-order valence-corrected chi connectivity index (χ0v) is 9.92. The van der Waals surface area contributed by atoms with E-state index in [2.05, 4.69) is 26.0 Å². The van der Waals surface area contributed by atoms with E-state index in [1.165, 1.54) is 0 Å². The molecule has 2 aromatic heterocycles. The highest BCUT2D eigenvalue weighted by atomic mass is 79.9. The van der Waals surface area contributed by atoms with Gasteiger partial charge in [-0.25, -0.2) is 4.68 Å². The molecular weight excluding hydrogens is 266 g/mol.